The molecule has 0 rings (SSSR count). The second kappa shape index (κ2) is 6.58. The zero-order chi connectivity index (χ0) is 10.3. The van der Waals surface area contributed by atoms with Crippen molar-refractivity contribution in [2.75, 3.05) is 6.66 Å². The largest absolute Gasteiger partial charge is 0.325 e. The molecule has 0 saturated carbocycles. The summed E-state index contributed by atoms with van der Waals surface area (Å²) < 4.78 is 15.8. The molecule has 0 aliphatic heterocycles. The highest BCUT2D eigenvalue weighted by Gasteiger charge is 2.14. The van der Waals surface area contributed by atoms with Crippen molar-refractivity contribution in [3.8, 4) is 0 Å². The van der Waals surface area contributed by atoms with E-state index in [1.807, 2.05) is 6.92 Å². The maximum Gasteiger partial charge on any atom is 0.325 e. The van der Waals surface area contributed by atoms with Crippen molar-refractivity contribution in [3.05, 3.63) is 0 Å². The molecule has 0 heterocycles. The fourth-order valence-electron chi connectivity index (χ4n) is 1.25. The zero-order valence-electron chi connectivity index (χ0n) is 8.82. The standard InChI is InChI=1S/C9H21O3P/c1-4-5-6-7-8-9(2)12-13(3,10)11/h9H,4-8H2,1-3H3,(H,10,11). The van der Waals surface area contributed by atoms with Gasteiger partial charge in [-0.3, -0.25) is 4.57 Å². The summed E-state index contributed by atoms with van der Waals surface area (Å²) in [6.07, 6.45) is 5.48. The first-order valence-electron chi connectivity index (χ1n) is 4.94. The predicted molar refractivity (Wildman–Crippen MR) is 55.1 cm³/mol. The number of rotatable bonds is 7. The van der Waals surface area contributed by atoms with Gasteiger partial charge in [0.1, 0.15) is 0 Å². The normalized spacial score (nSPS) is 18.2. The second-order valence-electron chi connectivity index (χ2n) is 3.57. The van der Waals surface area contributed by atoms with Gasteiger partial charge in [0.25, 0.3) is 0 Å². The number of unbranched alkanes of at least 4 members (excludes halogenated alkanes) is 3. The van der Waals surface area contributed by atoms with Crippen molar-refractivity contribution in [2.45, 2.75) is 52.1 Å². The quantitative estimate of drug-likeness (QED) is 0.516. The molecular weight excluding hydrogens is 187 g/mol. The predicted octanol–water partition coefficient (Wildman–Crippen LogP) is 3.18. The van der Waals surface area contributed by atoms with Crippen molar-refractivity contribution in [3.63, 3.8) is 0 Å². The molecule has 2 unspecified atom stereocenters. The van der Waals surface area contributed by atoms with Gasteiger partial charge in [-0.05, 0) is 13.3 Å². The van der Waals surface area contributed by atoms with Gasteiger partial charge in [0.2, 0.25) is 0 Å². The van der Waals surface area contributed by atoms with Crippen LogP contribution in [-0.4, -0.2) is 17.7 Å². The van der Waals surface area contributed by atoms with E-state index in [1.54, 1.807) is 0 Å². The number of hydrogen-bond acceptors (Lipinski definition) is 2. The van der Waals surface area contributed by atoms with Crippen LogP contribution in [0.25, 0.3) is 0 Å². The van der Waals surface area contributed by atoms with E-state index in [0.29, 0.717) is 0 Å². The van der Waals surface area contributed by atoms with Crippen LogP contribution in [0.1, 0.15) is 46.0 Å². The van der Waals surface area contributed by atoms with Crippen LogP contribution in [0.2, 0.25) is 0 Å². The Bertz CT molecular complexity index is 164. The van der Waals surface area contributed by atoms with Crippen LogP contribution in [0, 0.1) is 0 Å². The lowest BCUT2D eigenvalue weighted by Crippen LogP contribution is -2.05. The summed E-state index contributed by atoms with van der Waals surface area (Å²) in [6.45, 7) is 5.24. The minimum atomic E-state index is -3.28. The zero-order valence-corrected chi connectivity index (χ0v) is 9.72. The molecule has 13 heavy (non-hydrogen) atoms. The molecule has 0 spiro atoms. The summed E-state index contributed by atoms with van der Waals surface area (Å²) in [5.41, 5.74) is 0. The Balaban J connectivity index is 3.41. The first-order valence-corrected chi connectivity index (χ1v) is 6.97. The van der Waals surface area contributed by atoms with E-state index in [-0.39, 0.29) is 6.10 Å². The molecule has 80 valence electrons. The summed E-state index contributed by atoms with van der Waals surface area (Å²) in [6, 6.07) is 0. The van der Waals surface area contributed by atoms with E-state index in [0.717, 1.165) is 12.8 Å². The van der Waals surface area contributed by atoms with Crippen molar-refractivity contribution < 1.29 is 14.0 Å². The van der Waals surface area contributed by atoms with Crippen molar-refractivity contribution in [1.29, 1.82) is 0 Å². The summed E-state index contributed by atoms with van der Waals surface area (Å²) in [5, 5.41) is 0. The third kappa shape index (κ3) is 10.1. The van der Waals surface area contributed by atoms with Crippen LogP contribution >= 0.6 is 7.60 Å². The van der Waals surface area contributed by atoms with Gasteiger partial charge in [0, 0.05) is 6.66 Å². The molecule has 2 atom stereocenters. The number of hydrogen-bond donors (Lipinski definition) is 1. The van der Waals surface area contributed by atoms with Crippen LogP contribution in [0.4, 0.5) is 0 Å². The molecule has 0 amide bonds. The van der Waals surface area contributed by atoms with E-state index in [9.17, 15) is 4.57 Å². The van der Waals surface area contributed by atoms with E-state index in [1.165, 1.54) is 25.9 Å². The molecule has 0 fully saturated rings. The maximum atomic E-state index is 10.8. The lowest BCUT2D eigenvalue weighted by atomic mass is 10.1. The van der Waals surface area contributed by atoms with Crippen LogP contribution in [-0.2, 0) is 9.09 Å². The minimum absolute atomic E-state index is 0.0994. The molecule has 3 nitrogen and oxygen atoms in total. The Hall–Kier alpha value is 0.150. The first kappa shape index (κ1) is 13.2. The molecule has 4 heteroatoms. The molecule has 0 radical (unpaired) electrons. The Morgan fingerprint density at radius 1 is 1.38 bits per heavy atom. The minimum Gasteiger partial charge on any atom is -0.324 e. The fourth-order valence-corrected chi connectivity index (χ4v) is 2.02. The second-order valence-corrected chi connectivity index (χ2v) is 5.39. The van der Waals surface area contributed by atoms with Gasteiger partial charge in [0.05, 0.1) is 6.10 Å². The molecule has 0 aliphatic rings. The van der Waals surface area contributed by atoms with E-state index >= 15 is 0 Å². The maximum absolute atomic E-state index is 10.8. The molecule has 0 bridgehead atoms. The fraction of sp³-hybridized carbons (Fsp3) is 1.00. The van der Waals surface area contributed by atoms with Crippen molar-refractivity contribution in [1.82, 2.24) is 0 Å². The van der Waals surface area contributed by atoms with E-state index < -0.39 is 7.60 Å². The van der Waals surface area contributed by atoms with Crippen molar-refractivity contribution >= 4 is 7.60 Å². The highest BCUT2D eigenvalue weighted by molar-refractivity contribution is 7.51. The average molecular weight is 208 g/mol. The molecular formula is C9H21O3P. The van der Waals surface area contributed by atoms with Gasteiger partial charge >= 0.3 is 7.60 Å². The SMILES string of the molecule is CCCCCCC(C)OP(C)(=O)O. The lowest BCUT2D eigenvalue weighted by molar-refractivity contribution is 0.180. The van der Waals surface area contributed by atoms with Crippen LogP contribution in [0.3, 0.4) is 0 Å². The van der Waals surface area contributed by atoms with Gasteiger partial charge in [-0.2, -0.15) is 0 Å². The Morgan fingerprint density at radius 2 is 2.00 bits per heavy atom. The van der Waals surface area contributed by atoms with Gasteiger partial charge in [-0.15, -0.1) is 0 Å². The summed E-state index contributed by atoms with van der Waals surface area (Å²) >= 11 is 0. The third-order valence-corrected chi connectivity index (χ3v) is 2.59. The van der Waals surface area contributed by atoms with Crippen LogP contribution in [0.15, 0.2) is 0 Å². The Labute approximate surface area is 81.0 Å². The molecule has 0 saturated heterocycles. The van der Waals surface area contributed by atoms with E-state index in [4.69, 9.17) is 9.42 Å². The van der Waals surface area contributed by atoms with Gasteiger partial charge in [-0.25, -0.2) is 0 Å². The highest BCUT2D eigenvalue weighted by Crippen LogP contribution is 2.38. The van der Waals surface area contributed by atoms with Gasteiger partial charge in [-0.1, -0.05) is 32.6 Å². The average Bonchev–Trinajstić information content (AvgIpc) is 1.94. The monoisotopic (exact) mass is 208 g/mol. The Kier molecular flexibility index (Phi) is 6.66. The van der Waals surface area contributed by atoms with Gasteiger partial charge < -0.3 is 9.42 Å². The van der Waals surface area contributed by atoms with Crippen LogP contribution in [0.5, 0.6) is 0 Å². The first-order chi connectivity index (χ1) is 5.95. The van der Waals surface area contributed by atoms with Crippen molar-refractivity contribution in [2.24, 2.45) is 0 Å². The summed E-state index contributed by atoms with van der Waals surface area (Å²) in [4.78, 5) is 8.92. The summed E-state index contributed by atoms with van der Waals surface area (Å²) in [7, 11) is -3.28. The van der Waals surface area contributed by atoms with Crippen LogP contribution < -0.4 is 0 Å². The topological polar surface area (TPSA) is 46.5 Å². The van der Waals surface area contributed by atoms with Gasteiger partial charge in [0.15, 0.2) is 0 Å². The molecule has 0 aromatic carbocycles. The summed E-state index contributed by atoms with van der Waals surface area (Å²) in [5.74, 6) is 0. The molecule has 0 aromatic heterocycles. The smallest absolute Gasteiger partial charge is 0.324 e. The molecule has 0 aliphatic carbocycles. The lowest BCUT2D eigenvalue weighted by Gasteiger charge is -2.14. The Morgan fingerprint density at radius 3 is 2.46 bits per heavy atom. The molecule has 1 N–H and O–H groups in total. The molecule has 0 aromatic rings. The third-order valence-electron chi connectivity index (χ3n) is 1.84. The van der Waals surface area contributed by atoms with E-state index in [2.05, 4.69) is 6.92 Å². The highest BCUT2D eigenvalue weighted by atomic mass is 31.2.